The largest absolute Gasteiger partial charge is 0.456 e. The van der Waals surface area contributed by atoms with E-state index in [0.717, 1.165) is 6.92 Å². The van der Waals surface area contributed by atoms with Crippen LogP contribution in [0, 0.1) is 16.7 Å². The van der Waals surface area contributed by atoms with Gasteiger partial charge in [0.15, 0.2) is 23.6 Å². The fourth-order valence-corrected chi connectivity index (χ4v) is 10.5. The van der Waals surface area contributed by atoms with Crippen LogP contribution in [0.4, 0.5) is 0 Å². The predicted octanol–water partition coefficient (Wildman–Crippen LogP) is 4.39. The maximum atomic E-state index is 15.7. The standard InChI is InChI=1S/C48H53NO14/c1-26-32(61-44(56)37(52)36(29-17-11-8-12-18-29)49-42(54)30-19-13-9-14-20-30)24-48(57)41(62-43(55)31-21-15-10-16-22-31)39-46(6,40(53)38(60-27(2)50)35(26)45(48,4)5)33(58-7)23-34-47(39,25-59-34)63-28(3)51/h8-22,32-34,36-39,41,52,57H,23-25H2,1-7H3,(H,49,54)/t32-,33-,34+,36-,37+,38?,39?,41-,46+,47-,48+/m0/s1. The van der Waals surface area contributed by atoms with Crippen molar-refractivity contribution < 1.29 is 67.4 Å². The Labute approximate surface area is 365 Å². The number of aliphatic hydroxyl groups is 2. The van der Waals surface area contributed by atoms with Gasteiger partial charge in [0, 0.05) is 44.8 Å². The summed E-state index contributed by atoms with van der Waals surface area (Å²) >= 11 is 0. The number of ether oxygens (including phenoxy) is 6. The van der Waals surface area contributed by atoms with Crippen LogP contribution in [0.25, 0.3) is 0 Å². The molecule has 15 nitrogen and oxygen atoms in total. The number of benzene rings is 3. The summed E-state index contributed by atoms with van der Waals surface area (Å²) < 4.78 is 36.8. The molecule has 3 aromatic rings. The van der Waals surface area contributed by atoms with Gasteiger partial charge in [-0.3, -0.25) is 19.2 Å². The summed E-state index contributed by atoms with van der Waals surface area (Å²) in [5.74, 6) is -6.40. The summed E-state index contributed by atoms with van der Waals surface area (Å²) in [5.41, 5.74) is -6.45. The smallest absolute Gasteiger partial charge is 0.338 e. The first kappa shape index (κ1) is 45.3. The minimum atomic E-state index is -2.34. The number of fused-ring (bicyclic) bond motifs is 5. The zero-order valence-corrected chi connectivity index (χ0v) is 36.2. The maximum absolute atomic E-state index is 15.7. The van der Waals surface area contributed by atoms with Gasteiger partial charge in [-0.05, 0) is 54.8 Å². The van der Waals surface area contributed by atoms with Gasteiger partial charge >= 0.3 is 23.9 Å². The van der Waals surface area contributed by atoms with Crippen LogP contribution in [0.2, 0.25) is 0 Å². The first-order valence-electron chi connectivity index (χ1n) is 20.9. The number of ketones is 1. The molecule has 3 aromatic carbocycles. The Bertz CT molecular complexity index is 2300. The van der Waals surface area contributed by atoms with Crippen molar-refractivity contribution in [3.8, 4) is 0 Å². The number of amides is 1. The SMILES string of the molecule is CO[C@H]1C[C@H]2OC[C@@]2(OC(C)=O)C2[C@H](OC(=O)c3ccccc3)[C@]3(O)C[C@H](OC(=O)[C@H](O)[C@@H](NC(=O)c4ccccc4)c4ccccc4)C(C)=C(C(OC(C)=O)C(=O)[C@@]21C)C3(C)C. The van der Waals surface area contributed by atoms with Gasteiger partial charge in [0.05, 0.1) is 35.6 Å². The minimum absolute atomic E-state index is 0.0377. The van der Waals surface area contributed by atoms with Crippen molar-refractivity contribution in [2.75, 3.05) is 13.7 Å². The molecule has 1 saturated heterocycles. The van der Waals surface area contributed by atoms with Crippen LogP contribution < -0.4 is 5.32 Å². The molecule has 11 atom stereocenters. The van der Waals surface area contributed by atoms with Gasteiger partial charge in [-0.1, -0.05) is 80.6 Å². The molecule has 7 rings (SSSR count). The fraction of sp³-hybridized carbons (Fsp3) is 0.458. The molecule has 0 radical (unpaired) electrons. The second-order valence-electron chi connectivity index (χ2n) is 17.6. The first-order valence-corrected chi connectivity index (χ1v) is 20.9. The number of hydrogen-bond acceptors (Lipinski definition) is 14. The Balaban J connectivity index is 1.40. The molecule has 0 aromatic heterocycles. The number of esters is 4. The highest BCUT2D eigenvalue weighted by molar-refractivity contribution is 5.96. The Morgan fingerprint density at radius 3 is 1.95 bits per heavy atom. The van der Waals surface area contributed by atoms with Gasteiger partial charge in [0.1, 0.15) is 23.9 Å². The number of rotatable bonds is 11. The van der Waals surface area contributed by atoms with E-state index < -0.39 is 113 Å². The quantitative estimate of drug-likeness (QED) is 0.139. The molecule has 1 aliphatic heterocycles. The third kappa shape index (κ3) is 7.64. The molecule has 3 aliphatic carbocycles. The van der Waals surface area contributed by atoms with Crippen LogP contribution in [0.5, 0.6) is 0 Å². The molecule has 1 heterocycles. The van der Waals surface area contributed by atoms with E-state index in [1.807, 2.05) is 0 Å². The summed E-state index contributed by atoms with van der Waals surface area (Å²) in [6.07, 6.45) is -9.33. The number of carbonyl (C=O) groups excluding carboxylic acids is 6. The van der Waals surface area contributed by atoms with Gasteiger partial charge in [0.25, 0.3) is 5.91 Å². The summed E-state index contributed by atoms with van der Waals surface area (Å²) in [4.78, 5) is 84.1. The zero-order valence-electron chi connectivity index (χ0n) is 36.2. The van der Waals surface area contributed by atoms with Crippen molar-refractivity contribution in [3.05, 3.63) is 119 Å². The number of Topliss-reactive ketones (excluding diaryl/α,β-unsaturated/α-hetero) is 1. The van der Waals surface area contributed by atoms with Crippen molar-refractivity contribution in [1.82, 2.24) is 5.32 Å². The van der Waals surface area contributed by atoms with Gasteiger partial charge in [-0.25, -0.2) is 9.59 Å². The summed E-state index contributed by atoms with van der Waals surface area (Å²) in [6.45, 7) is 8.39. The Kier molecular flexibility index (Phi) is 12.3. The van der Waals surface area contributed by atoms with E-state index in [1.165, 1.54) is 26.2 Å². The van der Waals surface area contributed by atoms with E-state index in [9.17, 15) is 34.2 Å². The third-order valence-electron chi connectivity index (χ3n) is 13.7. The molecule has 15 heteroatoms. The maximum Gasteiger partial charge on any atom is 0.338 e. The molecule has 3 fully saturated rings. The fourth-order valence-electron chi connectivity index (χ4n) is 10.5. The first-order chi connectivity index (χ1) is 29.8. The number of nitrogens with one attached hydrogen (secondary N) is 1. The molecule has 1 amide bonds. The highest BCUT2D eigenvalue weighted by atomic mass is 16.6. The van der Waals surface area contributed by atoms with E-state index in [1.54, 1.807) is 107 Å². The lowest BCUT2D eigenvalue weighted by Gasteiger charge is -2.67. The lowest BCUT2D eigenvalue weighted by molar-refractivity contribution is -0.347. The van der Waals surface area contributed by atoms with Crippen molar-refractivity contribution >= 4 is 35.6 Å². The molecule has 4 aliphatic rings. The second kappa shape index (κ2) is 17.1. The van der Waals surface area contributed by atoms with E-state index in [-0.39, 0.29) is 35.3 Å². The average Bonchev–Trinajstić information content (AvgIpc) is 3.25. The zero-order chi connectivity index (χ0) is 45.6. The van der Waals surface area contributed by atoms with Crippen molar-refractivity contribution in [1.29, 1.82) is 0 Å². The molecule has 2 saturated carbocycles. The molecule has 2 unspecified atom stereocenters. The van der Waals surface area contributed by atoms with E-state index >= 15 is 4.79 Å². The average molecular weight is 868 g/mol. The number of methoxy groups -OCH3 is 1. The van der Waals surface area contributed by atoms with E-state index in [4.69, 9.17) is 28.4 Å². The highest BCUT2D eigenvalue weighted by Crippen LogP contribution is 2.65. The lowest BCUT2D eigenvalue weighted by Crippen LogP contribution is -2.82. The van der Waals surface area contributed by atoms with E-state index in [2.05, 4.69) is 5.32 Å². The van der Waals surface area contributed by atoms with Crippen LogP contribution in [0.3, 0.4) is 0 Å². The Hall–Kier alpha value is -5.74. The summed E-state index contributed by atoms with van der Waals surface area (Å²) in [6, 6.07) is 23.2. The number of hydrogen-bond donors (Lipinski definition) is 3. The predicted molar refractivity (Wildman–Crippen MR) is 222 cm³/mol. The molecule has 3 N–H and O–H groups in total. The van der Waals surface area contributed by atoms with Crippen molar-refractivity contribution in [2.24, 2.45) is 16.7 Å². The van der Waals surface area contributed by atoms with Crippen LogP contribution in [0.15, 0.2) is 102 Å². The second-order valence-corrected chi connectivity index (χ2v) is 17.6. The van der Waals surface area contributed by atoms with Crippen molar-refractivity contribution in [2.45, 2.75) is 108 Å². The number of carbonyl (C=O) groups is 6. The Morgan fingerprint density at radius 1 is 0.825 bits per heavy atom. The third-order valence-corrected chi connectivity index (χ3v) is 13.7. The molecule has 334 valence electrons. The topological polar surface area (TPSA) is 210 Å². The van der Waals surface area contributed by atoms with Gasteiger partial charge in [-0.2, -0.15) is 0 Å². The molecule has 0 spiro atoms. The Morgan fingerprint density at radius 2 is 1.41 bits per heavy atom. The molecule has 63 heavy (non-hydrogen) atoms. The van der Waals surface area contributed by atoms with Crippen LogP contribution >= 0.6 is 0 Å². The monoisotopic (exact) mass is 867 g/mol. The van der Waals surface area contributed by atoms with Crippen molar-refractivity contribution in [3.63, 3.8) is 0 Å². The van der Waals surface area contributed by atoms with Gasteiger partial charge in [-0.15, -0.1) is 0 Å². The number of aliphatic hydroxyl groups excluding tert-OH is 1. The lowest BCUT2D eigenvalue weighted by atomic mass is 9.44. The minimum Gasteiger partial charge on any atom is -0.456 e. The van der Waals surface area contributed by atoms with Gasteiger partial charge < -0.3 is 44.0 Å². The van der Waals surface area contributed by atoms with Crippen LogP contribution in [-0.2, 0) is 47.6 Å². The molecule has 2 bridgehead atoms. The highest BCUT2D eigenvalue weighted by Gasteiger charge is 2.78. The van der Waals surface area contributed by atoms with Crippen LogP contribution in [-0.4, -0.2) is 107 Å². The summed E-state index contributed by atoms with van der Waals surface area (Å²) in [7, 11) is 1.39. The van der Waals surface area contributed by atoms with E-state index in [0.29, 0.717) is 5.56 Å². The van der Waals surface area contributed by atoms with Gasteiger partial charge in [0.2, 0.25) is 0 Å². The summed E-state index contributed by atoms with van der Waals surface area (Å²) in [5, 5.41) is 28.4. The normalized spacial score (nSPS) is 31.5. The van der Waals surface area contributed by atoms with Crippen LogP contribution in [0.1, 0.15) is 86.7 Å². The molecular weight excluding hydrogens is 815 g/mol. The molecular formula is C48H53NO14.